The molecule has 3 nitrogen and oxygen atoms in total. The predicted octanol–water partition coefficient (Wildman–Crippen LogP) is 2.66. The Morgan fingerprint density at radius 3 is 2.87 bits per heavy atom. The lowest BCUT2D eigenvalue weighted by Gasteiger charge is -2.22. The van der Waals surface area contributed by atoms with Crippen molar-refractivity contribution in [1.82, 2.24) is 0 Å². The molecule has 1 aliphatic heterocycles. The van der Waals surface area contributed by atoms with Crippen LogP contribution in [-0.2, 0) is 9.47 Å². The molecule has 1 rings (SSSR count). The molecule has 1 fully saturated rings. The maximum Gasteiger partial charge on any atom is 0.0622 e. The molecule has 3 heteroatoms. The second-order valence-corrected chi connectivity index (χ2v) is 4.00. The van der Waals surface area contributed by atoms with Crippen LogP contribution in [0.3, 0.4) is 0 Å². The molecule has 1 unspecified atom stereocenters. The molecule has 86 valence electrons. The topological polar surface area (TPSA) is 42.2 Å². The molecule has 0 aromatic heterocycles. The van der Waals surface area contributed by atoms with Crippen LogP contribution in [0.1, 0.15) is 44.9 Å². The number of ether oxygens (including phenoxy) is 2. The van der Waals surface area contributed by atoms with Crippen molar-refractivity contribution >= 4 is 0 Å². The van der Waals surface area contributed by atoms with Gasteiger partial charge in [-0.3, -0.25) is 0 Å². The molecule has 0 aliphatic carbocycles. The lowest BCUT2D eigenvalue weighted by Crippen LogP contribution is -2.19. The summed E-state index contributed by atoms with van der Waals surface area (Å²) in [5.41, 5.74) is 0. The smallest absolute Gasteiger partial charge is 0.0622 e. The molecule has 1 aliphatic rings. The van der Waals surface area contributed by atoms with Crippen LogP contribution in [0.5, 0.6) is 0 Å². The maximum absolute atomic E-state index is 8.32. The fraction of sp³-hybridized carbons (Fsp3) is 0.917. The van der Waals surface area contributed by atoms with Gasteiger partial charge in [0.25, 0.3) is 0 Å². The van der Waals surface area contributed by atoms with Crippen LogP contribution in [0.4, 0.5) is 0 Å². The molecule has 0 radical (unpaired) electrons. The van der Waals surface area contributed by atoms with E-state index in [2.05, 4.69) is 6.07 Å². The van der Waals surface area contributed by atoms with Crippen molar-refractivity contribution < 1.29 is 9.47 Å². The summed E-state index contributed by atoms with van der Waals surface area (Å²) >= 11 is 0. The number of hydrogen-bond donors (Lipinski definition) is 0. The van der Waals surface area contributed by atoms with Gasteiger partial charge < -0.3 is 9.47 Å². The van der Waals surface area contributed by atoms with E-state index in [0.29, 0.717) is 12.5 Å². The molecule has 0 spiro atoms. The Hall–Kier alpha value is -0.590. The van der Waals surface area contributed by atoms with Gasteiger partial charge in [-0.25, -0.2) is 0 Å². The zero-order valence-corrected chi connectivity index (χ0v) is 9.41. The summed E-state index contributed by atoms with van der Waals surface area (Å²) in [4.78, 5) is 0. The third-order valence-corrected chi connectivity index (χ3v) is 2.67. The normalized spacial score (nSPS) is 21.1. The van der Waals surface area contributed by atoms with Gasteiger partial charge >= 0.3 is 0 Å². The van der Waals surface area contributed by atoms with Crippen molar-refractivity contribution in [1.29, 1.82) is 5.26 Å². The monoisotopic (exact) mass is 211 g/mol. The van der Waals surface area contributed by atoms with Gasteiger partial charge in [-0.2, -0.15) is 5.26 Å². The fourth-order valence-corrected chi connectivity index (χ4v) is 1.80. The summed E-state index contributed by atoms with van der Waals surface area (Å²) in [5, 5.41) is 8.32. The quantitative estimate of drug-likeness (QED) is 0.608. The molecule has 0 amide bonds. The summed E-state index contributed by atoms with van der Waals surface area (Å²) in [6.45, 7) is 2.47. The minimum atomic E-state index is 0.474. The van der Waals surface area contributed by atoms with Crippen molar-refractivity contribution in [2.45, 2.75) is 51.0 Å². The van der Waals surface area contributed by atoms with Crippen LogP contribution in [0.15, 0.2) is 0 Å². The summed E-state index contributed by atoms with van der Waals surface area (Å²) in [5.74, 6) is 0. The maximum atomic E-state index is 8.32. The molecule has 0 saturated carbocycles. The zero-order valence-electron chi connectivity index (χ0n) is 9.41. The van der Waals surface area contributed by atoms with Crippen LogP contribution in [-0.4, -0.2) is 25.9 Å². The van der Waals surface area contributed by atoms with Crippen LogP contribution in [0.25, 0.3) is 0 Å². The standard InChI is InChI=1S/C12H21NO2/c13-8-2-4-9-14-10-5-7-12-6-1-3-11-15-12/h12H,1-7,9-11H2. The van der Waals surface area contributed by atoms with Crippen molar-refractivity contribution in [2.24, 2.45) is 0 Å². The SMILES string of the molecule is N#CCCCOCCCC1CCCCO1. The van der Waals surface area contributed by atoms with Crippen LogP contribution in [0, 0.1) is 11.3 Å². The first kappa shape index (κ1) is 12.5. The molecular weight excluding hydrogens is 190 g/mol. The van der Waals surface area contributed by atoms with Gasteiger partial charge in [0.05, 0.1) is 12.2 Å². The lowest BCUT2D eigenvalue weighted by molar-refractivity contribution is 0.00460. The Morgan fingerprint density at radius 1 is 1.27 bits per heavy atom. The van der Waals surface area contributed by atoms with Crippen molar-refractivity contribution in [3.05, 3.63) is 0 Å². The molecule has 0 bridgehead atoms. The first-order valence-corrected chi connectivity index (χ1v) is 6.00. The highest BCUT2D eigenvalue weighted by Crippen LogP contribution is 2.16. The molecule has 1 atom stereocenters. The summed E-state index contributed by atoms with van der Waals surface area (Å²) in [6.07, 6.45) is 7.89. The van der Waals surface area contributed by atoms with E-state index >= 15 is 0 Å². The van der Waals surface area contributed by atoms with Crippen LogP contribution < -0.4 is 0 Å². The number of rotatable bonds is 7. The van der Waals surface area contributed by atoms with Crippen LogP contribution in [0.2, 0.25) is 0 Å². The van der Waals surface area contributed by atoms with E-state index in [1.54, 1.807) is 0 Å². The Kier molecular flexibility index (Phi) is 7.24. The summed E-state index contributed by atoms with van der Waals surface area (Å²) in [7, 11) is 0. The van der Waals surface area contributed by atoms with Crippen molar-refractivity contribution in [3.63, 3.8) is 0 Å². The van der Waals surface area contributed by atoms with Crippen molar-refractivity contribution in [3.8, 4) is 6.07 Å². The molecule has 1 saturated heterocycles. The average Bonchev–Trinajstić information content (AvgIpc) is 2.29. The van der Waals surface area contributed by atoms with E-state index < -0.39 is 0 Å². The molecule has 15 heavy (non-hydrogen) atoms. The summed E-state index contributed by atoms with van der Waals surface area (Å²) < 4.78 is 11.0. The van der Waals surface area contributed by atoms with E-state index in [9.17, 15) is 0 Å². The highest BCUT2D eigenvalue weighted by atomic mass is 16.5. The van der Waals surface area contributed by atoms with E-state index in [1.165, 1.54) is 19.3 Å². The third-order valence-electron chi connectivity index (χ3n) is 2.67. The molecule has 0 aromatic carbocycles. The lowest BCUT2D eigenvalue weighted by atomic mass is 10.1. The third kappa shape index (κ3) is 6.48. The van der Waals surface area contributed by atoms with Gasteiger partial charge in [-0.15, -0.1) is 0 Å². The van der Waals surface area contributed by atoms with E-state index in [4.69, 9.17) is 14.7 Å². The molecular formula is C12H21NO2. The Labute approximate surface area is 92.4 Å². The largest absolute Gasteiger partial charge is 0.381 e. The average molecular weight is 211 g/mol. The van der Waals surface area contributed by atoms with Gasteiger partial charge in [0, 0.05) is 26.2 Å². The van der Waals surface area contributed by atoms with Gasteiger partial charge in [0.15, 0.2) is 0 Å². The Bertz CT molecular complexity index is 183. The zero-order chi connectivity index (χ0) is 10.8. The fourth-order valence-electron chi connectivity index (χ4n) is 1.80. The van der Waals surface area contributed by atoms with Gasteiger partial charge in [0.1, 0.15) is 0 Å². The van der Waals surface area contributed by atoms with Gasteiger partial charge in [-0.1, -0.05) is 0 Å². The van der Waals surface area contributed by atoms with E-state index in [0.717, 1.165) is 39.1 Å². The first-order chi connectivity index (χ1) is 7.43. The van der Waals surface area contributed by atoms with Gasteiger partial charge in [-0.05, 0) is 38.5 Å². The number of nitriles is 1. The predicted molar refractivity (Wildman–Crippen MR) is 58.5 cm³/mol. The second kappa shape index (κ2) is 8.70. The molecule has 0 aromatic rings. The summed E-state index contributed by atoms with van der Waals surface area (Å²) in [6, 6.07) is 2.11. The highest BCUT2D eigenvalue weighted by Gasteiger charge is 2.12. The first-order valence-electron chi connectivity index (χ1n) is 6.00. The van der Waals surface area contributed by atoms with Gasteiger partial charge in [0.2, 0.25) is 0 Å². The Balaban J connectivity index is 1.82. The number of unbranched alkanes of at least 4 members (excludes halogenated alkanes) is 1. The number of nitrogens with zero attached hydrogens (tertiary/aromatic N) is 1. The Morgan fingerprint density at radius 2 is 2.13 bits per heavy atom. The van der Waals surface area contributed by atoms with Crippen molar-refractivity contribution in [2.75, 3.05) is 19.8 Å². The van der Waals surface area contributed by atoms with Crippen LogP contribution >= 0.6 is 0 Å². The van der Waals surface area contributed by atoms with E-state index in [-0.39, 0.29) is 0 Å². The molecule has 0 N–H and O–H groups in total. The number of hydrogen-bond acceptors (Lipinski definition) is 3. The second-order valence-electron chi connectivity index (χ2n) is 4.00. The minimum absolute atomic E-state index is 0.474. The highest BCUT2D eigenvalue weighted by molar-refractivity contribution is 4.67. The minimum Gasteiger partial charge on any atom is -0.381 e. The molecule has 1 heterocycles. The van der Waals surface area contributed by atoms with E-state index in [1.807, 2.05) is 0 Å².